The number of hydrogen-bond donors (Lipinski definition) is 12. The fourth-order valence-electron chi connectivity index (χ4n) is 15.6. The van der Waals surface area contributed by atoms with Crippen LogP contribution in [0.2, 0.25) is 0 Å². The number of carbonyl (C=O) groups excluding carboxylic acids is 1. The molecule has 0 aromatic heterocycles. The Morgan fingerprint density at radius 2 is 0.617 bits per heavy atom. The van der Waals surface area contributed by atoms with Gasteiger partial charge in [-0.25, -0.2) is 0 Å². The summed E-state index contributed by atoms with van der Waals surface area (Å²) in [5.74, 6) is -0.233. The maximum absolute atomic E-state index is 13.5. The minimum Gasteiger partial charge on any atom is -0.394 e. The van der Waals surface area contributed by atoms with E-state index in [0.29, 0.717) is 12.8 Å². The molecule has 17 unspecified atom stereocenters. The number of unbranched alkanes of at least 4 members (excludes halogenated alkanes) is 54. The number of aliphatic hydroxyl groups excluding tert-OH is 11. The largest absolute Gasteiger partial charge is 0.394 e. The molecule has 0 spiro atoms. The SMILES string of the molecule is CCCCCCC/C=C\C/C=C\CCCCCCCCCCCCCCCCCCCCCCCCCC(=O)NC(COC1OC(CO)C(OC2OC(CO)C(OC3OC(CO)C(O)C(O)C3O)C(O)C2O)C(O)C1O)C(O)CCCCCCCCCCCCCCCCCCCCCCCCCCCCC. The van der Waals surface area contributed by atoms with Crippen LogP contribution >= 0.6 is 0 Å². The standard InChI is InChI=1S/C88H167NO18/c1-3-5-7-9-11-13-15-17-19-21-23-25-27-29-31-32-33-34-35-36-37-38-40-42-44-46-48-50-52-54-56-58-60-62-64-66-76(94)89-71(72(93)65-63-61-59-57-55-53-51-49-47-45-43-41-39-30-28-26-24-22-20-18-16-14-12-10-8-6-4-2)70-102-86-82(100)79(97)84(74(68-91)104-86)107-88-83(101)80(98)85(75(69-92)105-88)106-87-81(99)78(96)77(95)73(67-90)103-87/h15,17,21,23,71-75,77-88,90-93,95-101H,3-14,16,18-20,22,24-70H2,1-2H3,(H,89,94)/b17-15-,23-21-. The average Bonchev–Trinajstić information content (AvgIpc) is 0.781. The molecule has 0 aliphatic carbocycles. The van der Waals surface area contributed by atoms with Crippen LogP contribution in [0.1, 0.15) is 399 Å². The molecule has 3 rings (SSSR count). The van der Waals surface area contributed by atoms with E-state index in [0.717, 1.165) is 51.4 Å². The lowest BCUT2D eigenvalue weighted by molar-refractivity contribution is -0.379. The molecule has 19 heteroatoms. The molecule has 0 aromatic carbocycles. The van der Waals surface area contributed by atoms with Crippen LogP contribution in [-0.2, 0) is 33.2 Å². The van der Waals surface area contributed by atoms with Crippen molar-refractivity contribution in [1.29, 1.82) is 0 Å². The van der Waals surface area contributed by atoms with Gasteiger partial charge in [-0.2, -0.15) is 0 Å². The molecule has 0 radical (unpaired) electrons. The van der Waals surface area contributed by atoms with Gasteiger partial charge in [-0.1, -0.05) is 372 Å². The molecular weight excluding hydrogens is 1360 g/mol. The number of carbonyl (C=O) groups is 1. The number of allylic oxidation sites excluding steroid dienone is 4. The van der Waals surface area contributed by atoms with Gasteiger partial charge in [0.2, 0.25) is 5.91 Å². The number of ether oxygens (including phenoxy) is 6. The van der Waals surface area contributed by atoms with Crippen molar-refractivity contribution in [3.63, 3.8) is 0 Å². The third-order valence-corrected chi connectivity index (χ3v) is 22.8. The molecule has 0 aromatic rings. The quantitative estimate of drug-likeness (QED) is 0.0199. The molecular formula is C88H167NO18. The van der Waals surface area contributed by atoms with Crippen LogP contribution in [0, 0.1) is 0 Å². The molecule has 3 aliphatic heterocycles. The van der Waals surface area contributed by atoms with Gasteiger partial charge in [0.1, 0.15) is 73.2 Å². The van der Waals surface area contributed by atoms with Crippen molar-refractivity contribution in [3.05, 3.63) is 24.3 Å². The Labute approximate surface area is 651 Å². The number of amides is 1. The van der Waals surface area contributed by atoms with Gasteiger partial charge in [-0.3, -0.25) is 4.79 Å². The molecule has 0 bridgehead atoms. The maximum Gasteiger partial charge on any atom is 0.220 e. The zero-order valence-corrected chi connectivity index (χ0v) is 68.2. The number of nitrogens with one attached hydrogen (secondary N) is 1. The molecule has 19 nitrogen and oxygen atoms in total. The first-order valence-electron chi connectivity index (χ1n) is 45.1. The second kappa shape index (κ2) is 68.7. The van der Waals surface area contributed by atoms with E-state index in [1.807, 2.05) is 0 Å². The lowest BCUT2D eigenvalue weighted by atomic mass is 9.96. The number of hydrogen-bond acceptors (Lipinski definition) is 18. The highest BCUT2D eigenvalue weighted by Gasteiger charge is 2.54. The Hall–Kier alpha value is -1.73. The molecule has 632 valence electrons. The van der Waals surface area contributed by atoms with Crippen LogP contribution in [0.15, 0.2) is 24.3 Å². The van der Waals surface area contributed by atoms with Gasteiger partial charge in [0, 0.05) is 6.42 Å². The lowest BCUT2D eigenvalue weighted by Crippen LogP contribution is -2.66. The van der Waals surface area contributed by atoms with E-state index in [1.54, 1.807) is 0 Å². The minimum atomic E-state index is -1.97. The van der Waals surface area contributed by atoms with E-state index in [2.05, 4.69) is 43.5 Å². The Balaban J connectivity index is 1.31. The summed E-state index contributed by atoms with van der Waals surface area (Å²) in [5, 5.41) is 121. The Morgan fingerprint density at radius 1 is 0.336 bits per heavy atom. The van der Waals surface area contributed by atoms with Gasteiger partial charge in [0.15, 0.2) is 18.9 Å². The van der Waals surface area contributed by atoms with Crippen LogP contribution in [-0.4, -0.2) is 193 Å². The molecule has 3 aliphatic rings. The summed E-state index contributed by atoms with van der Waals surface area (Å²) in [6.07, 6.45) is 58.6. The highest BCUT2D eigenvalue weighted by atomic mass is 16.8. The van der Waals surface area contributed by atoms with Crippen molar-refractivity contribution >= 4 is 5.91 Å². The Morgan fingerprint density at radius 3 is 0.953 bits per heavy atom. The minimum absolute atomic E-state index is 0.233. The Kier molecular flexibility index (Phi) is 63.8. The molecule has 3 fully saturated rings. The van der Waals surface area contributed by atoms with Crippen molar-refractivity contribution < 1.29 is 89.4 Å². The molecule has 1 amide bonds. The zero-order chi connectivity index (χ0) is 77.4. The summed E-state index contributed by atoms with van der Waals surface area (Å²) in [6.45, 7) is 1.87. The summed E-state index contributed by atoms with van der Waals surface area (Å²) in [6, 6.07) is -0.886. The molecule has 17 atom stereocenters. The highest BCUT2D eigenvalue weighted by molar-refractivity contribution is 5.76. The van der Waals surface area contributed by atoms with Gasteiger partial charge in [0.05, 0.1) is 38.6 Å². The van der Waals surface area contributed by atoms with Crippen LogP contribution in [0.5, 0.6) is 0 Å². The molecule has 12 N–H and O–H groups in total. The van der Waals surface area contributed by atoms with Crippen LogP contribution in [0.25, 0.3) is 0 Å². The third kappa shape index (κ3) is 47.7. The average molecular weight is 1530 g/mol. The smallest absolute Gasteiger partial charge is 0.220 e. The van der Waals surface area contributed by atoms with Crippen LogP contribution in [0.3, 0.4) is 0 Å². The predicted molar refractivity (Wildman–Crippen MR) is 430 cm³/mol. The highest BCUT2D eigenvalue weighted by Crippen LogP contribution is 2.34. The summed E-state index contributed by atoms with van der Waals surface area (Å²) in [7, 11) is 0. The Bertz CT molecular complexity index is 2020. The van der Waals surface area contributed by atoms with E-state index in [1.165, 1.54) is 315 Å². The van der Waals surface area contributed by atoms with E-state index in [-0.39, 0.29) is 18.9 Å². The van der Waals surface area contributed by atoms with Gasteiger partial charge in [0.25, 0.3) is 0 Å². The first-order chi connectivity index (χ1) is 52.3. The van der Waals surface area contributed by atoms with Gasteiger partial charge < -0.3 is 89.9 Å². The molecule has 0 saturated carbocycles. The first-order valence-corrected chi connectivity index (χ1v) is 45.1. The van der Waals surface area contributed by atoms with Crippen molar-refractivity contribution in [2.24, 2.45) is 0 Å². The molecule has 3 saturated heterocycles. The van der Waals surface area contributed by atoms with E-state index in [9.17, 15) is 61.0 Å². The van der Waals surface area contributed by atoms with Gasteiger partial charge in [-0.05, 0) is 44.9 Å². The van der Waals surface area contributed by atoms with E-state index >= 15 is 0 Å². The van der Waals surface area contributed by atoms with Crippen molar-refractivity contribution in [2.75, 3.05) is 26.4 Å². The lowest BCUT2D eigenvalue weighted by Gasteiger charge is -2.48. The normalized spacial score (nSPS) is 25.6. The molecule has 107 heavy (non-hydrogen) atoms. The number of rotatable bonds is 74. The van der Waals surface area contributed by atoms with Crippen molar-refractivity contribution in [3.8, 4) is 0 Å². The summed E-state index contributed by atoms with van der Waals surface area (Å²) >= 11 is 0. The van der Waals surface area contributed by atoms with E-state index in [4.69, 9.17) is 28.4 Å². The summed E-state index contributed by atoms with van der Waals surface area (Å²) in [4.78, 5) is 13.5. The molecule has 3 heterocycles. The van der Waals surface area contributed by atoms with E-state index < -0.39 is 124 Å². The second-order valence-electron chi connectivity index (χ2n) is 32.4. The monoisotopic (exact) mass is 1530 g/mol. The van der Waals surface area contributed by atoms with Crippen LogP contribution < -0.4 is 5.32 Å². The third-order valence-electron chi connectivity index (χ3n) is 22.8. The van der Waals surface area contributed by atoms with Crippen molar-refractivity contribution in [1.82, 2.24) is 5.32 Å². The van der Waals surface area contributed by atoms with Crippen molar-refractivity contribution in [2.45, 2.75) is 503 Å². The fourth-order valence-corrected chi connectivity index (χ4v) is 15.6. The summed E-state index contributed by atoms with van der Waals surface area (Å²) in [5.41, 5.74) is 0. The topological polar surface area (TPSA) is 307 Å². The second-order valence-corrected chi connectivity index (χ2v) is 32.4. The first kappa shape index (κ1) is 99.5. The summed E-state index contributed by atoms with van der Waals surface area (Å²) < 4.78 is 34.6. The van der Waals surface area contributed by atoms with Crippen LogP contribution in [0.4, 0.5) is 0 Å². The predicted octanol–water partition coefficient (Wildman–Crippen LogP) is 16.9. The number of aliphatic hydroxyl groups is 11. The fraction of sp³-hybridized carbons (Fsp3) is 0.943. The van der Waals surface area contributed by atoms with Gasteiger partial charge in [-0.15, -0.1) is 0 Å². The maximum atomic E-state index is 13.5. The van der Waals surface area contributed by atoms with Gasteiger partial charge >= 0.3 is 0 Å². The zero-order valence-electron chi connectivity index (χ0n) is 68.2.